The van der Waals surface area contributed by atoms with E-state index >= 15 is 0 Å². The molecule has 1 N–H and O–H groups in total. The minimum atomic E-state index is 0.129. The summed E-state index contributed by atoms with van der Waals surface area (Å²) in [6, 6.07) is 4.33. The summed E-state index contributed by atoms with van der Waals surface area (Å²) in [6.45, 7) is 14.0. The molecule has 0 saturated carbocycles. The maximum Gasteiger partial charge on any atom is 0.0562 e. The molecular formula is C16H29N3. The van der Waals surface area contributed by atoms with E-state index in [2.05, 4.69) is 62.0 Å². The van der Waals surface area contributed by atoms with Gasteiger partial charge in [0.1, 0.15) is 0 Å². The first kappa shape index (κ1) is 16.0. The molecule has 0 aliphatic rings. The molecule has 0 bridgehead atoms. The van der Waals surface area contributed by atoms with Gasteiger partial charge in [-0.25, -0.2) is 0 Å². The number of nitrogens with zero attached hydrogens (tertiary/aromatic N) is 2. The van der Waals surface area contributed by atoms with Gasteiger partial charge in [0.15, 0.2) is 0 Å². The van der Waals surface area contributed by atoms with E-state index < -0.39 is 0 Å². The molecular weight excluding hydrogens is 234 g/mol. The van der Waals surface area contributed by atoms with E-state index in [1.807, 2.05) is 6.20 Å². The Kier molecular flexibility index (Phi) is 6.29. The van der Waals surface area contributed by atoms with Crippen molar-refractivity contribution in [3.05, 3.63) is 24.0 Å². The first-order chi connectivity index (χ1) is 8.96. The van der Waals surface area contributed by atoms with Gasteiger partial charge < -0.3 is 10.2 Å². The normalized spacial score (nSPS) is 11.6. The summed E-state index contributed by atoms with van der Waals surface area (Å²) in [5, 5.41) is 3.49. The van der Waals surface area contributed by atoms with E-state index in [1.54, 1.807) is 0 Å². The van der Waals surface area contributed by atoms with Gasteiger partial charge in [0.05, 0.1) is 5.69 Å². The van der Waals surface area contributed by atoms with Gasteiger partial charge in [0.2, 0.25) is 0 Å². The van der Waals surface area contributed by atoms with E-state index in [0.717, 1.165) is 25.3 Å². The van der Waals surface area contributed by atoms with Crippen LogP contribution in [0.1, 0.15) is 53.2 Å². The van der Waals surface area contributed by atoms with Gasteiger partial charge in [-0.15, -0.1) is 0 Å². The minimum absolute atomic E-state index is 0.129. The SMILES string of the molecule is CCCN(CCC)c1ccnc(CNC(C)(C)C)c1. The van der Waals surface area contributed by atoms with Gasteiger partial charge >= 0.3 is 0 Å². The van der Waals surface area contributed by atoms with Crippen LogP contribution < -0.4 is 10.2 Å². The number of pyridine rings is 1. The highest BCUT2D eigenvalue weighted by Crippen LogP contribution is 2.16. The molecule has 1 rings (SSSR count). The number of anilines is 1. The van der Waals surface area contributed by atoms with Crippen LogP contribution in [-0.2, 0) is 6.54 Å². The molecule has 0 atom stereocenters. The predicted octanol–water partition coefficient (Wildman–Crippen LogP) is 3.60. The fourth-order valence-electron chi connectivity index (χ4n) is 2.02. The zero-order valence-corrected chi connectivity index (χ0v) is 13.2. The second-order valence-electron chi connectivity index (χ2n) is 6.10. The minimum Gasteiger partial charge on any atom is -0.371 e. The molecule has 0 fully saturated rings. The fourth-order valence-corrected chi connectivity index (χ4v) is 2.02. The maximum atomic E-state index is 4.46. The number of hydrogen-bond donors (Lipinski definition) is 1. The second-order valence-corrected chi connectivity index (χ2v) is 6.10. The number of hydrogen-bond acceptors (Lipinski definition) is 3. The Bertz CT molecular complexity index is 363. The Balaban J connectivity index is 2.74. The van der Waals surface area contributed by atoms with Crippen LogP contribution >= 0.6 is 0 Å². The first-order valence-electron chi connectivity index (χ1n) is 7.41. The summed E-state index contributed by atoms with van der Waals surface area (Å²) >= 11 is 0. The van der Waals surface area contributed by atoms with Crippen molar-refractivity contribution < 1.29 is 0 Å². The van der Waals surface area contributed by atoms with Crippen molar-refractivity contribution in [1.29, 1.82) is 0 Å². The molecule has 1 heterocycles. The summed E-state index contributed by atoms with van der Waals surface area (Å²) in [7, 11) is 0. The zero-order chi connectivity index (χ0) is 14.3. The van der Waals surface area contributed by atoms with Crippen LogP contribution in [-0.4, -0.2) is 23.6 Å². The van der Waals surface area contributed by atoms with Gasteiger partial charge in [-0.05, 0) is 45.7 Å². The molecule has 19 heavy (non-hydrogen) atoms. The van der Waals surface area contributed by atoms with Crippen molar-refractivity contribution in [3.8, 4) is 0 Å². The standard InChI is InChI=1S/C16H29N3/c1-6-10-19(11-7-2)15-8-9-17-14(12-15)13-18-16(3,4)5/h8-9,12,18H,6-7,10-11,13H2,1-5H3. The Morgan fingerprint density at radius 3 is 2.32 bits per heavy atom. The van der Waals surface area contributed by atoms with Crippen molar-refractivity contribution in [2.75, 3.05) is 18.0 Å². The van der Waals surface area contributed by atoms with Crippen LogP contribution in [0.25, 0.3) is 0 Å². The van der Waals surface area contributed by atoms with Crippen LogP contribution in [0.3, 0.4) is 0 Å². The van der Waals surface area contributed by atoms with Crippen LogP contribution in [0.15, 0.2) is 18.3 Å². The van der Waals surface area contributed by atoms with E-state index in [0.29, 0.717) is 0 Å². The highest BCUT2D eigenvalue weighted by atomic mass is 15.1. The molecule has 0 amide bonds. The van der Waals surface area contributed by atoms with E-state index in [9.17, 15) is 0 Å². The summed E-state index contributed by atoms with van der Waals surface area (Å²) in [5.41, 5.74) is 2.54. The van der Waals surface area contributed by atoms with Gasteiger partial charge in [-0.2, -0.15) is 0 Å². The van der Waals surface area contributed by atoms with Crippen LogP contribution in [0.5, 0.6) is 0 Å². The molecule has 3 heteroatoms. The first-order valence-corrected chi connectivity index (χ1v) is 7.41. The summed E-state index contributed by atoms with van der Waals surface area (Å²) < 4.78 is 0. The predicted molar refractivity (Wildman–Crippen MR) is 83.6 cm³/mol. The smallest absolute Gasteiger partial charge is 0.0562 e. The lowest BCUT2D eigenvalue weighted by molar-refractivity contribution is 0.421. The molecule has 1 aromatic heterocycles. The molecule has 0 spiro atoms. The number of rotatable bonds is 7. The van der Waals surface area contributed by atoms with Gasteiger partial charge in [-0.1, -0.05) is 13.8 Å². The molecule has 1 aromatic rings. The Labute approximate surface area is 118 Å². The van der Waals surface area contributed by atoms with Crippen LogP contribution in [0, 0.1) is 0 Å². The molecule has 0 aromatic carbocycles. The highest BCUT2D eigenvalue weighted by Gasteiger charge is 2.10. The largest absolute Gasteiger partial charge is 0.371 e. The molecule has 0 saturated heterocycles. The van der Waals surface area contributed by atoms with Crippen molar-refractivity contribution >= 4 is 5.69 Å². The van der Waals surface area contributed by atoms with Gasteiger partial charge in [-0.3, -0.25) is 4.98 Å². The molecule has 3 nitrogen and oxygen atoms in total. The summed E-state index contributed by atoms with van der Waals surface area (Å²) in [6.07, 6.45) is 4.28. The lowest BCUT2D eigenvalue weighted by Gasteiger charge is -2.25. The third-order valence-corrected chi connectivity index (χ3v) is 2.95. The van der Waals surface area contributed by atoms with Gasteiger partial charge in [0.25, 0.3) is 0 Å². The van der Waals surface area contributed by atoms with Crippen LogP contribution in [0.4, 0.5) is 5.69 Å². The average molecular weight is 263 g/mol. The lowest BCUT2D eigenvalue weighted by Crippen LogP contribution is -2.35. The third-order valence-electron chi connectivity index (χ3n) is 2.95. The van der Waals surface area contributed by atoms with E-state index in [1.165, 1.54) is 18.5 Å². The molecule has 0 unspecified atom stereocenters. The van der Waals surface area contributed by atoms with Crippen LogP contribution in [0.2, 0.25) is 0 Å². The van der Waals surface area contributed by atoms with E-state index in [-0.39, 0.29) is 5.54 Å². The van der Waals surface area contributed by atoms with E-state index in [4.69, 9.17) is 0 Å². The molecule has 0 aliphatic carbocycles. The maximum absolute atomic E-state index is 4.46. The highest BCUT2D eigenvalue weighted by molar-refractivity contribution is 5.46. The van der Waals surface area contributed by atoms with Crippen molar-refractivity contribution in [2.24, 2.45) is 0 Å². The number of nitrogens with one attached hydrogen (secondary N) is 1. The average Bonchev–Trinajstić information content (AvgIpc) is 2.36. The monoisotopic (exact) mass is 263 g/mol. The molecule has 0 radical (unpaired) electrons. The van der Waals surface area contributed by atoms with Crippen molar-refractivity contribution in [2.45, 2.75) is 59.5 Å². The second kappa shape index (κ2) is 7.49. The Hall–Kier alpha value is -1.09. The summed E-state index contributed by atoms with van der Waals surface area (Å²) in [5.74, 6) is 0. The Morgan fingerprint density at radius 2 is 1.79 bits per heavy atom. The Morgan fingerprint density at radius 1 is 1.16 bits per heavy atom. The lowest BCUT2D eigenvalue weighted by atomic mass is 10.1. The third kappa shape index (κ3) is 6.06. The van der Waals surface area contributed by atoms with Gasteiger partial charge in [0, 0.05) is 37.1 Å². The summed E-state index contributed by atoms with van der Waals surface area (Å²) in [4.78, 5) is 6.90. The fraction of sp³-hybridized carbons (Fsp3) is 0.688. The topological polar surface area (TPSA) is 28.2 Å². The quantitative estimate of drug-likeness (QED) is 0.814. The molecule has 0 aliphatic heterocycles. The zero-order valence-electron chi connectivity index (χ0n) is 13.2. The number of aromatic nitrogens is 1. The van der Waals surface area contributed by atoms with Crippen molar-refractivity contribution in [3.63, 3.8) is 0 Å². The van der Waals surface area contributed by atoms with Crippen molar-refractivity contribution in [1.82, 2.24) is 10.3 Å². The molecule has 108 valence electrons.